The molecule has 0 saturated carbocycles. The molecule has 6 rings (SSSR count). The Morgan fingerprint density at radius 2 is 0.683 bits per heavy atom. The molecule has 0 saturated heterocycles. The van der Waals surface area contributed by atoms with Crippen molar-refractivity contribution in [2.45, 2.75) is 13.8 Å². The number of hydrogen-bond acceptors (Lipinski definition) is 4. The molecule has 2 heterocycles. The molecule has 2 aliphatic rings. The second-order valence-electron chi connectivity index (χ2n) is 8.76. The van der Waals surface area contributed by atoms with Gasteiger partial charge in [-0.15, -0.1) is 0 Å². The molecule has 0 spiro atoms. The van der Waals surface area contributed by atoms with E-state index in [1.54, 1.807) is 0 Å². The van der Waals surface area contributed by atoms with E-state index >= 15 is 0 Å². The topological polar surface area (TPSA) is 0 Å². The van der Waals surface area contributed by atoms with Gasteiger partial charge in [0, 0.05) is 9.29 Å². The first-order chi connectivity index (χ1) is 20.1. The zero-order chi connectivity index (χ0) is 28.6. The molecule has 0 bridgehead atoms. The molecule has 0 N–H and O–H groups in total. The Bertz CT molecular complexity index is 1360. The van der Waals surface area contributed by atoms with Crippen LogP contribution in [0.25, 0.3) is 0 Å². The zero-order valence-electron chi connectivity index (χ0n) is 22.1. The maximum atomic E-state index is 4.88. The summed E-state index contributed by atoms with van der Waals surface area (Å²) in [5, 5.41) is 5.64. The van der Waals surface area contributed by atoms with Crippen molar-refractivity contribution < 1.29 is 16.5 Å². The van der Waals surface area contributed by atoms with Crippen LogP contribution in [0, 0.1) is 0 Å². The van der Waals surface area contributed by atoms with Gasteiger partial charge < -0.3 is 0 Å². The molecule has 0 atom stereocenters. The molecule has 0 amide bonds. The van der Waals surface area contributed by atoms with E-state index in [9.17, 15) is 0 Å². The van der Waals surface area contributed by atoms with Gasteiger partial charge in [-0.3, -0.25) is 0 Å². The van der Waals surface area contributed by atoms with Crippen LogP contribution >= 0.6 is 81.7 Å². The number of allylic oxidation sites excluding steroid dienone is 2. The summed E-state index contributed by atoms with van der Waals surface area (Å²) in [7, 11) is 8.36. The van der Waals surface area contributed by atoms with Gasteiger partial charge in [0.2, 0.25) is 0 Å². The molecular weight excluding hydrogens is 841 g/mol. The molecule has 41 heavy (non-hydrogen) atoms. The van der Waals surface area contributed by atoms with Crippen LogP contribution in [0.2, 0.25) is 0 Å². The molecule has 0 unspecified atom stereocenters. The first-order valence-electron chi connectivity index (χ1n) is 12.6. The third-order valence-corrected chi connectivity index (χ3v) is 18.2. The molecule has 9 heteroatoms. The van der Waals surface area contributed by atoms with Crippen molar-refractivity contribution in [3.8, 4) is 0 Å². The van der Waals surface area contributed by atoms with Crippen LogP contribution in [0.5, 0.6) is 0 Å². The van der Waals surface area contributed by atoms with E-state index in [1.807, 2.05) is 47.0 Å². The van der Waals surface area contributed by atoms with Crippen molar-refractivity contribution in [2.75, 3.05) is 0 Å². The Balaban J connectivity index is 0.00000108. The second-order valence-corrected chi connectivity index (χ2v) is 22.0. The Labute approximate surface area is 279 Å². The molecule has 0 nitrogen and oxygen atoms in total. The van der Waals surface area contributed by atoms with Crippen molar-refractivity contribution in [1.82, 2.24) is 0 Å². The molecule has 0 aromatic heterocycles. The van der Waals surface area contributed by atoms with Crippen LogP contribution < -0.4 is 21.2 Å². The Hall–Kier alpha value is -0.372. The fourth-order valence-electron chi connectivity index (χ4n) is 4.25. The number of benzene rings is 4. The number of rotatable bonds is 6. The molecule has 4 aromatic carbocycles. The summed E-state index contributed by atoms with van der Waals surface area (Å²) < 4.78 is 5.95. The number of hydrogen-bond donors (Lipinski definition) is 0. The van der Waals surface area contributed by atoms with E-state index in [2.05, 4.69) is 135 Å². The predicted octanol–water partition coefficient (Wildman–Crippen LogP) is 11.1. The van der Waals surface area contributed by atoms with Gasteiger partial charge in [-0.1, -0.05) is 168 Å². The SMILES string of the molecule is CC1=C(C)SC(=C2SC(P(c3ccccc3)c3ccccc3)=C(P(c3ccccc3)c3ccccc3)S2)S1.[Cl][Pt][Cl]. The fraction of sp³-hybridized carbons (Fsp3) is 0.0625. The molecular formula is C32H26Cl2P2PtS4. The van der Waals surface area contributed by atoms with Crippen molar-refractivity contribution in [3.63, 3.8) is 0 Å². The summed E-state index contributed by atoms with van der Waals surface area (Å²) in [5.74, 6) is 0. The van der Waals surface area contributed by atoms with Gasteiger partial charge in [-0.25, -0.2) is 0 Å². The second kappa shape index (κ2) is 16.1. The summed E-state index contributed by atoms with van der Waals surface area (Å²) in [6.45, 7) is 4.50. The minimum absolute atomic E-state index is 0.472. The molecule has 0 aliphatic carbocycles. The monoisotopic (exact) mass is 865 g/mol. The van der Waals surface area contributed by atoms with Crippen LogP contribution in [0.4, 0.5) is 0 Å². The Morgan fingerprint density at radius 3 is 0.951 bits per heavy atom. The summed E-state index contributed by atoms with van der Waals surface area (Å²) in [5.41, 5.74) is 0. The average molecular weight is 867 g/mol. The molecule has 0 radical (unpaired) electrons. The van der Waals surface area contributed by atoms with E-state index in [4.69, 9.17) is 18.8 Å². The van der Waals surface area contributed by atoms with Gasteiger partial charge >= 0.3 is 35.3 Å². The van der Waals surface area contributed by atoms with E-state index < -0.39 is 32.3 Å². The van der Waals surface area contributed by atoms with E-state index in [1.165, 1.54) is 48.8 Å². The van der Waals surface area contributed by atoms with Crippen LogP contribution in [-0.2, 0) is 16.5 Å². The molecule has 2 aliphatic heterocycles. The first-order valence-corrected chi connectivity index (χ1v) is 24.2. The van der Waals surface area contributed by atoms with Crippen LogP contribution in [-0.4, -0.2) is 0 Å². The molecule has 0 fully saturated rings. The van der Waals surface area contributed by atoms with E-state index in [-0.39, 0.29) is 0 Å². The van der Waals surface area contributed by atoms with Crippen LogP contribution in [0.3, 0.4) is 0 Å². The molecule has 4 aromatic rings. The van der Waals surface area contributed by atoms with E-state index in [0.717, 1.165) is 0 Å². The van der Waals surface area contributed by atoms with Crippen molar-refractivity contribution in [1.29, 1.82) is 0 Å². The summed E-state index contributed by atoms with van der Waals surface area (Å²) in [6.07, 6.45) is 0. The van der Waals surface area contributed by atoms with Crippen molar-refractivity contribution in [3.05, 3.63) is 149 Å². The Kier molecular flexibility index (Phi) is 12.6. The standard InChI is InChI=1S/C32H26P2S4.2ClH.Pt/c1-23-24(2)36-31(35-23)32-37-29(33(25-15-7-3-8-16-25)26-17-9-4-10-18-26)30(38-32)34(27-19-11-5-12-20-27)28-21-13-6-14-22-28;;;/h3-22H,1-2H3;2*1H;/q;;;+2/p-2. The zero-order valence-corrected chi connectivity index (χ0v) is 31.0. The normalized spacial score (nSPS) is 15.3. The van der Waals surface area contributed by atoms with Gasteiger partial charge in [0.15, 0.2) is 0 Å². The average Bonchev–Trinajstić information content (AvgIpc) is 3.59. The van der Waals surface area contributed by atoms with Gasteiger partial charge in [-0.2, -0.15) is 0 Å². The first kappa shape index (κ1) is 32.0. The van der Waals surface area contributed by atoms with Gasteiger partial charge in [0.1, 0.15) is 0 Å². The number of thioether (sulfide) groups is 4. The van der Waals surface area contributed by atoms with Crippen LogP contribution in [0.15, 0.2) is 149 Å². The minimum atomic E-state index is -0.696. The van der Waals surface area contributed by atoms with Gasteiger partial charge in [0.05, 0.1) is 8.47 Å². The summed E-state index contributed by atoms with van der Waals surface area (Å²) in [4.78, 5) is 2.85. The summed E-state index contributed by atoms with van der Waals surface area (Å²) in [6, 6.07) is 44.6. The molecule has 212 valence electrons. The van der Waals surface area contributed by atoms with Gasteiger partial charge in [-0.05, 0) is 60.7 Å². The van der Waals surface area contributed by atoms with E-state index in [0.29, 0.717) is 0 Å². The van der Waals surface area contributed by atoms with Gasteiger partial charge in [0.25, 0.3) is 0 Å². The number of halogens is 2. The Morgan fingerprint density at radius 1 is 0.439 bits per heavy atom. The third-order valence-electron chi connectivity index (χ3n) is 6.18. The maximum absolute atomic E-state index is 4.88. The van der Waals surface area contributed by atoms with Crippen molar-refractivity contribution >= 4 is 103 Å². The van der Waals surface area contributed by atoms with Crippen molar-refractivity contribution in [2.24, 2.45) is 0 Å². The predicted molar refractivity (Wildman–Crippen MR) is 193 cm³/mol. The van der Waals surface area contributed by atoms with Crippen LogP contribution in [0.1, 0.15) is 13.8 Å². The fourth-order valence-corrected chi connectivity index (χ4v) is 17.2. The quantitative estimate of drug-likeness (QED) is 0.177. The third kappa shape index (κ3) is 8.02. The summed E-state index contributed by atoms with van der Waals surface area (Å²) >= 11 is 7.50.